The summed E-state index contributed by atoms with van der Waals surface area (Å²) in [4.78, 5) is 0. The predicted octanol–water partition coefficient (Wildman–Crippen LogP) is 2.24. The highest BCUT2D eigenvalue weighted by molar-refractivity contribution is 6.30. The second kappa shape index (κ2) is 3.72. The van der Waals surface area contributed by atoms with Crippen LogP contribution in [-0.2, 0) is 6.42 Å². The fraction of sp³-hybridized carbons (Fsp3) is 0.100. The van der Waals surface area contributed by atoms with Crippen molar-refractivity contribution in [3.05, 3.63) is 46.6 Å². The van der Waals surface area contributed by atoms with Crippen LogP contribution in [0, 0.1) is 0 Å². The van der Waals surface area contributed by atoms with E-state index in [2.05, 4.69) is 10.2 Å². The number of hydrogen-bond donors (Lipinski definition) is 2. The third-order valence-electron chi connectivity index (χ3n) is 1.95. The number of aromatic nitrogens is 2. The first-order valence-electron chi connectivity index (χ1n) is 4.28. The summed E-state index contributed by atoms with van der Waals surface area (Å²) in [5, 5.41) is 7.50. The minimum Gasteiger partial charge on any atom is -0.384 e. The van der Waals surface area contributed by atoms with Crippen LogP contribution in [0.1, 0.15) is 11.3 Å². The number of H-pyrrole nitrogens is 1. The zero-order chi connectivity index (χ0) is 9.97. The van der Waals surface area contributed by atoms with Crippen molar-refractivity contribution < 1.29 is 0 Å². The second-order valence-corrected chi connectivity index (χ2v) is 3.55. The molecule has 0 saturated carbocycles. The summed E-state index contributed by atoms with van der Waals surface area (Å²) in [6, 6.07) is 9.52. The second-order valence-electron chi connectivity index (χ2n) is 3.12. The van der Waals surface area contributed by atoms with E-state index < -0.39 is 0 Å². The minimum atomic E-state index is 0.592. The van der Waals surface area contributed by atoms with E-state index >= 15 is 0 Å². The lowest BCUT2D eigenvalue weighted by Gasteiger charge is -1.97. The van der Waals surface area contributed by atoms with Crippen LogP contribution in [0.4, 0.5) is 5.82 Å². The predicted molar refractivity (Wildman–Crippen MR) is 57.3 cm³/mol. The number of nitrogens with one attached hydrogen (secondary N) is 1. The van der Waals surface area contributed by atoms with E-state index in [-0.39, 0.29) is 0 Å². The van der Waals surface area contributed by atoms with Crippen molar-refractivity contribution in [2.45, 2.75) is 6.42 Å². The molecule has 2 aromatic rings. The van der Waals surface area contributed by atoms with Gasteiger partial charge in [0.05, 0.1) is 5.69 Å². The number of nitrogens with zero attached hydrogens (tertiary/aromatic N) is 1. The standard InChI is InChI=1S/C10H10ClN3/c11-8-3-1-7(2-4-8)5-9-6-10(12)14-13-9/h1-4,6H,5H2,(H3,12,13,14). The van der Waals surface area contributed by atoms with Gasteiger partial charge in [-0.05, 0) is 17.7 Å². The summed E-state index contributed by atoms with van der Waals surface area (Å²) in [6.07, 6.45) is 0.769. The SMILES string of the molecule is Nc1cc(Cc2ccc(Cl)cc2)n[nH]1. The Bertz CT molecular complexity index is 419. The molecule has 0 amide bonds. The summed E-state index contributed by atoms with van der Waals surface area (Å²) in [5.41, 5.74) is 7.62. The van der Waals surface area contributed by atoms with Crippen molar-refractivity contribution in [3.63, 3.8) is 0 Å². The van der Waals surface area contributed by atoms with Crippen molar-refractivity contribution in [2.75, 3.05) is 5.73 Å². The maximum absolute atomic E-state index is 5.78. The lowest BCUT2D eigenvalue weighted by atomic mass is 10.1. The molecule has 1 aromatic heterocycles. The van der Waals surface area contributed by atoms with Crippen LogP contribution in [-0.4, -0.2) is 10.2 Å². The van der Waals surface area contributed by atoms with Gasteiger partial charge in [-0.15, -0.1) is 0 Å². The highest BCUT2D eigenvalue weighted by Crippen LogP contribution is 2.13. The lowest BCUT2D eigenvalue weighted by molar-refractivity contribution is 1.000. The molecule has 0 bridgehead atoms. The van der Waals surface area contributed by atoms with E-state index in [0.29, 0.717) is 5.82 Å². The molecule has 0 aliphatic carbocycles. The maximum Gasteiger partial charge on any atom is 0.119 e. The van der Waals surface area contributed by atoms with E-state index in [0.717, 1.165) is 17.1 Å². The summed E-state index contributed by atoms with van der Waals surface area (Å²) in [7, 11) is 0. The van der Waals surface area contributed by atoms with Crippen LogP contribution in [0.5, 0.6) is 0 Å². The Balaban J connectivity index is 2.15. The van der Waals surface area contributed by atoms with Crippen molar-refractivity contribution >= 4 is 17.4 Å². The first-order valence-corrected chi connectivity index (χ1v) is 4.66. The molecule has 0 saturated heterocycles. The van der Waals surface area contributed by atoms with Gasteiger partial charge in [-0.3, -0.25) is 5.10 Å². The Kier molecular flexibility index (Phi) is 2.41. The molecule has 4 heteroatoms. The lowest BCUT2D eigenvalue weighted by Crippen LogP contribution is -1.87. The van der Waals surface area contributed by atoms with Crippen molar-refractivity contribution in [3.8, 4) is 0 Å². The van der Waals surface area contributed by atoms with Crippen molar-refractivity contribution in [1.82, 2.24) is 10.2 Å². The molecule has 1 aromatic carbocycles. The molecule has 72 valence electrons. The molecule has 0 fully saturated rings. The van der Waals surface area contributed by atoms with E-state index in [1.165, 1.54) is 5.56 Å². The van der Waals surface area contributed by atoms with Crippen LogP contribution in [0.15, 0.2) is 30.3 Å². The number of hydrogen-bond acceptors (Lipinski definition) is 2. The van der Waals surface area contributed by atoms with Gasteiger partial charge in [-0.1, -0.05) is 23.7 Å². The summed E-state index contributed by atoms with van der Waals surface area (Å²) in [5.74, 6) is 0.592. The fourth-order valence-electron chi connectivity index (χ4n) is 1.28. The average Bonchev–Trinajstić information content (AvgIpc) is 2.56. The van der Waals surface area contributed by atoms with E-state index in [4.69, 9.17) is 17.3 Å². The van der Waals surface area contributed by atoms with Crippen LogP contribution in [0.2, 0.25) is 5.02 Å². The molecule has 3 N–H and O–H groups in total. The first-order chi connectivity index (χ1) is 6.74. The van der Waals surface area contributed by atoms with E-state index in [9.17, 15) is 0 Å². The molecule has 1 heterocycles. The largest absolute Gasteiger partial charge is 0.384 e. The van der Waals surface area contributed by atoms with Crippen LogP contribution >= 0.6 is 11.6 Å². The van der Waals surface area contributed by atoms with E-state index in [1.54, 1.807) is 0 Å². The Morgan fingerprint density at radius 2 is 2.00 bits per heavy atom. The highest BCUT2D eigenvalue weighted by Gasteiger charge is 1.99. The number of nitrogen functional groups attached to an aromatic ring is 1. The third kappa shape index (κ3) is 2.06. The van der Waals surface area contributed by atoms with Gasteiger partial charge in [0.15, 0.2) is 0 Å². The zero-order valence-corrected chi connectivity index (χ0v) is 8.25. The first kappa shape index (κ1) is 9.09. The number of benzene rings is 1. The van der Waals surface area contributed by atoms with E-state index in [1.807, 2.05) is 30.3 Å². The van der Waals surface area contributed by atoms with Crippen LogP contribution in [0.25, 0.3) is 0 Å². The van der Waals surface area contributed by atoms with Crippen LogP contribution in [0.3, 0.4) is 0 Å². The Morgan fingerprint density at radius 3 is 2.57 bits per heavy atom. The highest BCUT2D eigenvalue weighted by atomic mass is 35.5. The topological polar surface area (TPSA) is 54.7 Å². The van der Waals surface area contributed by atoms with Gasteiger partial charge in [-0.25, -0.2) is 0 Å². The number of halogens is 1. The molecule has 0 spiro atoms. The summed E-state index contributed by atoms with van der Waals surface area (Å²) >= 11 is 5.78. The molecule has 14 heavy (non-hydrogen) atoms. The summed E-state index contributed by atoms with van der Waals surface area (Å²) in [6.45, 7) is 0. The number of aromatic amines is 1. The monoisotopic (exact) mass is 207 g/mol. The smallest absolute Gasteiger partial charge is 0.119 e. The minimum absolute atomic E-state index is 0.592. The fourth-order valence-corrected chi connectivity index (χ4v) is 1.41. The van der Waals surface area contributed by atoms with Crippen molar-refractivity contribution in [2.24, 2.45) is 0 Å². The molecular weight excluding hydrogens is 198 g/mol. The molecule has 0 atom stereocenters. The number of rotatable bonds is 2. The van der Waals surface area contributed by atoms with Gasteiger partial charge in [0.1, 0.15) is 5.82 Å². The molecule has 0 aliphatic rings. The van der Waals surface area contributed by atoms with Gasteiger partial charge in [0.25, 0.3) is 0 Å². The Morgan fingerprint density at radius 1 is 1.29 bits per heavy atom. The van der Waals surface area contributed by atoms with Gasteiger partial charge in [0, 0.05) is 17.5 Å². The normalized spacial score (nSPS) is 10.4. The molecular formula is C10H10ClN3. The number of nitrogens with two attached hydrogens (primary N) is 1. The summed E-state index contributed by atoms with van der Waals surface area (Å²) < 4.78 is 0. The third-order valence-corrected chi connectivity index (χ3v) is 2.20. The average molecular weight is 208 g/mol. The van der Waals surface area contributed by atoms with Gasteiger partial charge in [-0.2, -0.15) is 5.10 Å². The zero-order valence-electron chi connectivity index (χ0n) is 7.50. The van der Waals surface area contributed by atoms with Crippen LogP contribution < -0.4 is 5.73 Å². The number of anilines is 1. The molecule has 0 unspecified atom stereocenters. The van der Waals surface area contributed by atoms with Gasteiger partial charge < -0.3 is 5.73 Å². The van der Waals surface area contributed by atoms with Gasteiger partial charge in [0.2, 0.25) is 0 Å². The molecule has 0 radical (unpaired) electrons. The quantitative estimate of drug-likeness (QED) is 0.794. The van der Waals surface area contributed by atoms with Crippen molar-refractivity contribution in [1.29, 1.82) is 0 Å². The maximum atomic E-state index is 5.78. The molecule has 0 aliphatic heterocycles. The molecule has 2 rings (SSSR count). The Labute approximate surface area is 86.9 Å². The Hall–Kier alpha value is -1.48. The molecule has 3 nitrogen and oxygen atoms in total. The van der Waals surface area contributed by atoms with Gasteiger partial charge >= 0.3 is 0 Å².